The molecule has 0 N–H and O–H groups in total. The average molecular weight is 385 g/mol. The predicted molar refractivity (Wildman–Crippen MR) is 112 cm³/mol. The van der Waals surface area contributed by atoms with Gasteiger partial charge in [-0.3, -0.25) is 9.69 Å². The van der Waals surface area contributed by atoms with Crippen LogP contribution in [0.25, 0.3) is 0 Å². The first-order valence-corrected chi connectivity index (χ1v) is 11.5. The van der Waals surface area contributed by atoms with E-state index < -0.39 is 0 Å². The number of carbonyl (C=O) groups is 1. The van der Waals surface area contributed by atoms with Crippen molar-refractivity contribution in [1.29, 1.82) is 0 Å². The van der Waals surface area contributed by atoms with E-state index in [1.165, 1.54) is 63.5 Å². The molecule has 2 aliphatic heterocycles. The summed E-state index contributed by atoms with van der Waals surface area (Å²) in [5.74, 6) is 2.07. The van der Waals surface area contributed by atoms with Crippen LogP contribution in [0.1, 0.15) is 69.8 Å². The number of amides is 1. The van der Waals surface area contributed by atoms with E-state index in [0.717, 1.165) is 44.8 Å². The fourth-order valence-corrected chi connectivity index (χ4v) is 5.11. The van der Waals surface area contributed by atoms with Crippen molar-refractivity contribution in [2.75, 3.05) is 26.2 Å². The van der Waals surface area contributed by atoms with Crippen LogP contribution < -0.4 is 4.74 Å². The topological polar surface area (TPSA) is 32.8 Å². The minimum atomic E-state index is 0.382. The highest BCUT2D eigenvalue weighted by Crippen LogP contribution is 2.26. The molecular weight excluding hydrogens is 348 g/mol. The SMILES string of the molecule is O=C(CCC1CCCN(Cc2ccc(OC3CCCC3)cc2)C1)N1CCCC1. The lowest BCUT2D eigenvalue weighted by Crippen LogP contribution is -2.35. The fraction of sp³-hybridized carbons (Fsp3) is 0.708. The lowest BCUT2D eigenvalue weighted by Gasteiger charge is -2.33. The predicted octanol–water partition coefficient (Wildman–Crippen LogP) is 4.62. The Morgan fingerprint density at radius 2 is 1.68 bits per heavy atom. The molecule has 1 amide bonds. The summed E-state index contributed by atoms with van der Waals surface area (Å²) in [7, 11) is 0. The molecule has 1 aromatic rings. The van der Waals surface area contributed by atoms with E-state index in [1.54, 1.807) is 0 Å². The Balaban J connectivity index is 1.21. The first kappa shape index (κ1) is 19.8. The van der Waals surface area contributed by atoms with Gasteiger partial charge in [0, 0.05) is 32.6 Å². The standard InChI is InChI=1S/C24H36N2O2/c27-24(26-16-3-4-17-26)14-11-20-6-5-15-25(18-20)19-21-9-12-23(13-10-21)28-22-7-1-2-8-22/h9-10,12-13,20,22H,1-8,11,14-19H2. The van der Waals surface area contributed by atoms with E-state index in [1.807, 2.05) is 0 Å². The van der Waals surface area contributed by atoms with Gasteiger partial charge < -0.3 is 9.64 Å². The molecule has 0 spiro atoms. The average Bonchev–Trinajstić information content (AvgIpc) is 3.42. The third-order valence-electron chi connectivity index (χ3n) is 6.76. The zero-order chi connectivity index (χ0) is 19.2. The van der Waals surface area contributed by atoms with Gasteiger partial charge in [0.15, 0.2) is 0 Å². The van der Waals surface area contributed by atoms with E-state index >= 15 is 0 Å². The van der Waals surface area contributed by atoms with Crippen molar-refractivity contribution >= 4 is 5.91 Å². The first-order chi connectivity index (χ1) is 13.8. The Morgan fingerprint density at radius 3 is 2.43 bits per heavy atom. The highest BCUT2D eigenvalue weighted by atomic mass is 16.5. The van der Waals surface area contributed by atoms with E-state index in [0.29, 0.717) is 17.9 Å². The summed E-state index contributed by atoms with van der Waals surface area (Å²) in [6.07, 6.45) is 12.2. The summed E-state index contributed by atoms with van der Waals surface area (Å²) in [6.45, 7) is 5.29. The van der Waals surface area contributed by atoms with Gasteiger partial charge >= 0.3 is 0 Å². The van der Waals surface area contributed by atoms with Crippen LogP contribution >= 0.6 is 0 Å². The summed E-state index contributed by atoms with van der Waals surface area (Å²) in [4.78, 5) is 17.0. The Bertz CT molecular complexity index is 618. The highest BCUT2D eigenvalue weighted by Gasteiger charge is 2.23. The fourth-order valence-electron chi connectivity index (χ4n) is 5.11. The lowest BCUT2D eigenvalue weighted by molar-refractivity contribution is -0.130. The van der Waals surface area contributed by atoms with E-state index in [9.17, 15) is 4.79 Å². The first-order valence-electron chi connectivity index (χ1n) is 11.5. The molecule has 1 aromatic carbocycles. The maximum Gasteiger partial charge on any atom is 0.222 e. The van der Waals surface area contributed by atoms with Crippen LogP contribution in [0.15, 0.2) is 24.3 Å². The molecule has 28 heavy (non-hydrogen) atoms. The van der Waals surface area contributed by atoms with Gasteiger partial charge in [-0.15, -0.1) is 0 Å². The zero-order valence-electron chi connectivity index (χ0n) is 17.3. The van der Waals surface area contributed by atoms with Gasteiger partial charge in [-0.05, 0) is 87.9 Å². The summed E-state index contributed by atoms with van der Waals surface area (Å²) in [5, 5.41) is 0. The number of benzene rings is 1. The number of carbonyl (C=O) groups excluding carboxylic acids is 1. The van der Waals surface area contributed by atoms with Gasteiger partial charge in [-0.2, -0.15) is 0 Å². The molecule has 3 aliphatic rings. The molecular formula is C24H36N2O2. The summed E-state index contributed by atoms with van der Waals surface area (Å²) >= 11 is 0. The maximum atomic E-state index is 12.3. The molecule has 1 aliphatic carbocycles. The summed E-state index contributed by atoms with van der Waals surface area (Å²) < 4.78 is 6.08. The van der Waals surface area contributed by atoms with Gasteiger partial charge in [-0.25, -0.2) is 0 Å². The third-order valence-corrected chi connectivity index (χ3v) is 6.76. The molecule has 0 aromatic heterocycles. The number of piperidine rings is 1. The van der Waals surface area contributed by atoms with Crippen LogP contribution in [0.4, 0.5) is 0 Å². The Hall–Kier alpha value is -1.55. The third kappa shape index (κ3) is 5.50. The van der Waals surface area contributed by atoms with Crippen LogP contribution in [-0.4, -0.2) is 48.0 Å². The highest BCUT2D eigenvalue weighted by molar-refractivity contribution is 5.76. The van der Waals surface area contributed by atoms with Gasteiger partial charge in [0.05, 0.1) is 6.10 Å². The normalized spacial score (nSPS) is 24.0. The zero-order valence-corrected chi connectivity index (χ0v) is 17.3. The molecule has 2 heterocycles. The molecule has 0 bridgehead atoms. The second-order valence-corrected chi connectivity index (χ2v) is 9.04. The van der Waals surface area contributed by atoms with E-state index in [4.69, 9.17) is 4.74 Å². The van der Waals surface area contributed by atoms with Gasteiger partial charge in [0.2, 0.25) is 5.91 Å². The number of hydrogen-bond acceptors (Lipinski definition) is 3. The minimum absolute atomic E-state index is 0.382. The number of hydrogen-bond donors (Lipinski definition) is 0. The molecule has 0 radical (unpaired) electrons. The minimum Gasteiger partial charge on any atom is -0.490 e. The maximum absolute atomic E-state index is 12.3. The van der Waals surface area contributed by atoms with Crippen LogP contribution in [0.5, 0.6) is 5.75 Å². The van der Waals surface area contributed by atoms with Crippen molar-refractivity contribution in [3.63, 3.8) is 0 Å². The van der Waals surface area contributed by atoms with E-state index in [-0.39, 0.29) is 0 Å². The van der Waals surface area contributed by atoms with Gasteiger partial charge in [-0.1, -0.05) is 12.1 Å². The van der Waals surface area contributed by atoms with Gasteiger partial charge in [0.25, 0.3) is 0 Å². The van der Waals surface area contributed by atoms with Crippen LogP contribution in [0.2, 0.25) is 0 Å². The van der Waals surface area contributed by atoms with Crippen molar-refractivity contribution < 1.29 is 9.53 Å². The molecule has 1 saturated carbocycles. The van der Waals surface area contributed by atoms with Crippen molar-refractivity contribution in [2.24, 2.45) is 5.92 Å². The molecule has 1 atom stereocenters. The summed E-state index contributed by atoms with van der Waals surface area (Å²) in [6, 6.07) is 8.74. The van der Waals surface area contributed by atoms with Crippen molar-refractivity contribution in [1.82, 2.24) is 9.80 Å². The van der Waals surface area contributed by atoms with Crippen molar-refractivity contribution in [3.05, 3.63) is 29.8 Å². The van der Waals surface area contributed by atoms with Crippen LogP contribution in [0.3, 0.4) is 0 Å². The molecule has 154 valence electrons. The van der Waals surface area contributed by atoms with Crippen LogP contribution in [-0.2, 0) is 11.3 Å². The number of ether oxygens (including phenoxy) is 1. The molecule has 4 heteroatoms. The molecule has 3 fully saturated rings. The van der Waals surface area contributed by atoms with Gasteiger partial charge in [0.1, 0.15) is 5.75 Å². The Morgan fingerprint density at radius 1 is 0.929 bits per heavy atom. The van der Waals surface area contributed by atoms with E-state index in [2.05, 4.69) is 34.1 Å². The molecule has 2 saturated heterocycles. The molecule has 4 nitrogen and oxygen atoms in total. The monoisotopic (exact) mass is 384 g/mol. The number of likely N-dealkylation sites (tertiary alicyclic amines) is 2. The Kier molecular flexibility index (Phi) is 6.90. The molecule has 4 rings (SSSR count). The largest absolute Gasteiger partial charge is 0.490 e. The summed E-state index contributed by atoms with van der Waals surface area (Å²) in [5.41, 5.74) is 1.37. The quantitative estimate of drug-likeness (QED) is 0.687. The Labute approximate surface area is 170 Å². The second-order valence-electron chi connectivity index (χ2n) is 9.04. The smallest absolute Gasteiger partial charge is 0.222 e. The second kappa shape index (κ2) is 9.78. The van der Waals surface area contributed by atoms with Crippen LogP contribution in [0, 0.1) is 5.92 Å². The van der Waals surface area contributed by atoms with Crippen molar-refractivity contribution in [3.8, 4) is 5.75 Å². The lowest BCUT2D eigenvalue weighted by atomic mass is 9.93. The number of rotatable bonds is 7. The van der Waals surface area contributed by atoms with Crippen molar-refractivity contribution in [2.45, 2.75) is 76.9 Å². The molecule has 1 unspecified atom stereocenters. The number of nitrogens with zero attached hydrogens (tertiary/aromatic N) is 2.